The Morgan fingerprint density at radius 1 is 0.416 bits per heavy atom. The van der Waals surface area contributed by atoms with Crippen LogP contribution in [-0.2, 0) is 10.8 Å². The third kappa shape index (κ3) is 7.14. The van der Waals surface area contributed by atoms with Crippen LogP contribution in [0.1, 0.15) is 69.4 Å². The summed E-state index contributed by atoms with van der Waals surface area (Å²) < 4.78 is 19.3. The van der Waals surface area contributed by atoms with E-state index in [1.165, 1.54) is 115 Å². The fourth-order valence-electron chi connectivity index (χ4n) is 13.6. The summed E-state index contributed by atoms with van der Waals surface area (Å²) in [5, 5.41) is 7.33. The van der Waals surface area contributed by atoms with Crippen LogP contribution in [0.15, 0.2) is 200 Å². The highest BCUT2D eigenvalue weighted by Gasteiger charge is 2.44. The van der Waals surface area contributed by atoms with Gasteiger partial charge < -0.3 is 9.47 Å². The molecular weight excluding hydrogens is 935 g/mol. The predicted octanol–water partition coefficient (Wildman–Crippen LogP) is 18.0. The van der Waals surface area contributed by atoms with E-state index in [4.69, 9.17) is 0 Å². The summed E-state index contributed by atoms with van der Waals surface area (Å²) in [6, 6.07) is 73.8. The molecule has 2 aliphatic heterocycles. The first-order valence-corrected chi connectivity index (χ1v) is 27.3. The second-order valence-electron chi connectivity index (χ2n) is 24.0. The number of hydrogen-bond donors (Lipinski definition) is 0. The van der Waals surface area contributed by atoms with Crippen molar-refractivity contribution in [3.05, 3.63) is 234 Å². The maximum absolute atomic E-state index is 16.7. The molecule has 0 spiro atoms. The van der Waals surface area contributed by atoms with E-state index in [9.17, 15) is 0 Å². The molecule has 0 aliphatic carbocycles. The smallest absolute Gasteiger partial charge is 0.252 e. The van der Waals surface area contributed by atoms with Crippen LogP contribution in [0.5, 0.6) is 0 Å². The molecule has 0 bridgehead atoms. The predicted molar refractivity (Wildman–Crippen MR) is 328 cm³/mol. The van der Waals surface area contributed by atoms with Gasteiger partial charge in [-0.15, -0.1) is 0 Å². The van der Waals surface area contributed by atoms with Crippen molar-refractivity contribution in [2.24, 2.45) is 0 Å². The molecule has 0 amide bonds. The first-order valence-electron chi connectivity index (χ1n) is 27.3. The molecule has 77 heavy (non-hydrogen) atoms. The molecule has 0 saturated carbocycles. The van der Waals surface area contributed by atoms with Gasteiger partial charge in [-0.3, -0.25) is 0 Å². The molecule has 1 aromatic heterocycles. The average Bonchev–Trinajstić information content (AvgIpc) is 4.06. The van der Waals surface area contributed by atoms with Gasteiger partial charge in [0, 0.05) is 44.5 Å². The van der Waals surface area contributed by atoms with Crippen molar-refractivity contribution < 1.29 is 4.39 Å². The quantitative estimate of drug-likeness (QED) is 0.123. The van der Waals surface area contributed by atoms with E-state index in [-0.39, 0.29) is 23.4 Å². The summed E-state index contributed by atoms with van der Waals surface area (Å²) in [6.07, 6.45) is 0. The van der Waals surface area contributed by atoms with E-state index in [0.29, 0.717) is 5.56 Å². The molecule has 0 unspecified atom stereocenters. The zero-order valence-corrected chi connectivity index (χ0v) is 45.4. The third-order valence-corrected chi connectivity index (χ3v) is 17.0. The van der Waals surface area contributed by atoms with Crippen molar-refractivity contribution >= 4 is 83.5 Å². The number of rotatable bonds is 5. The Labute approximate surface area is 452 Å². The van der Waals surface area contributed by atoms with Gasteiger partial charge in [0.25, 0.3) is 6.71 Å². The lowest BCUT2D eigenvalue weighted by molar-refractivity contribution is 0.590. The highest BCUT2D eigenvalue weighted by Crippen LogP contribution is 2.51. The molecule has 0 atom stereocenters. The van der Waals surface area contributed by atoms with Crippen LogP contribution in [-0.4, -0.2) is 11.3 Å². The molecular formula is C73H60BFN2. The summed E-state index contributed by atoms with van der Waals surface area (Å²) in [4.78, 5) is 2.48. The lowest BCUT2D eigenvalue weighted by Gasteiger charge is -2.41. The molecule has 0 saturated heterocycles. The molecule has 14 rings (SSSR count). The van der Waals surface area contributed by atoms with Crippen molar-refractivity contribution in [2.75, 3.05) is 4.90 Å². The largest absolute Gasteiger partial charge is 0.311 e. The van der Waals surface area contributed by atoms with E-state index in [2.05, 4.69) is 248 Å². The maximum Gasteiger partial charge on any atom is 0.252 e. The second kappa shape index (κ2) is 17.0. The summed E-state index contributed by atoms with van der Waals surface area (Å²) >= 11 is 0. The van der Waals surface area contributed by atoms with Gasteiger partial charge >= 0.3 is 0 Å². The first-order chi connectivity index (χ1) is 37.1. The number of nitrogens with zero attached hydrogens (tertiary/aromatic N) is 2. The van der Waals surface area contributed by atoms with Gasteiger partial charge in [-0.25, -0.2) is 4.39 Å². The zero-order valence-electron chi connectivity index (χ0n) is 45.4. The first kappa shape index (κ1) is 47.0. The van der Waals surface area contributed by atoms with Crippen LogP contribution in [0.2, 0.25) is 0 Å². The van der Waals surface area contributed by atoms with Crippen LogP contribution in [0.3, 0.4) is 0 Å². The highest BCUT2D eigenvalue weighted by molar-refractivity contribution is 7.00. The number of aryl methyl sites for hydroxylation is 3. The van der Waals surface area contributed by atoms with Gasteiger partial charge in [0.1, 0.15) is 5.82 Å². The lowest BCUT2D eigenvalue weighted by atomic mass is 9.33. The van der Waals surface area contributed by atoms with E-state index in [1.54, 1.807) is 12.1 Å². The molecule has 0 radical (unpaired) electrons. The van der Waals surface area contributed by atoms with Gasteiger partial charge in [0.2, 0.25) is 0 Å². The topological polar surface area (TPSA) is 8.17 Å². The number of anilines is 3. The molecule has 372 valence electrons. The van der Waals surface area contributed by atoms with Crippen molar-refractivity contribution in [1.29, 1.82) is 0 Å². The van der Waals surface area contributed by atoms with Crippen molar-refractivity contribution in [1.82, 2.24) is 4.57 Å². The maximum atomic E-state index is 16.7. The average molecular weight is 995 g/mol. The molecule has 0 fully saturated rings. The van der Waals surface area contributed by atoms with Gasteiger partial charge in [-0.05, 0) is 168 Å². The van der Waals surface area contributed by atoms with E-state index >= 15 is 4.39 Å². The number of hydrogen-bond acceptors (Lipinski definition) is 1. The molecule has 4 heteroatoms. The number of aromatic nitrogens is 1. The molecule has 0 N–H and O–H groups in total. The summed E-state index contributed by atoms with van der Waals surface area (Å²) in [5.74, 6) is -0.242. The van der Waals surface area contributed by atoms with Crippen LogP contribution in [0.4, 0.5) is 21.5 Å². The number of halogens is 1. The Hall–Kier alpha value is -8.47. The van der Waals surface area contributed by atoms with Gasteiger partial charge in [-0.2, -0.15) is 0 Å². The number of fused-ring (bicyclic) bond motifs is 10. The zero-order chi connectivity index (χ0) is 52.8. The standard InChI is InChI=1S/C73H60BFN2/c1-43-36-44(2)65(45(3)37-43)48-28-34-56-62(38-48)77-64-40-49(53-24-18-19-27-60(53)75)39-63-70(64)74(58-41-51(73(7,8)9)31-35-61(58)76(63)52-32-29-50(30-33-52)72(4,5)6)59-42-57-66(46-20-12-10-13-21-46)54-25-16-17-26-55(54)67(47-22-14-11-15-23-47)68(57)69(56)71(59)77/h10-42H,1-9H3. The van der Waals surface area contributed by atoms with E-state index in [0.717, 1.165) is 33.8 Å². The van der Waals surface area contributed by atoms with Crippen molar-refractivity contribution in [2.45, 2.75) is 73.1 Å². The third-order valence-electron chi connectivity index (χ3n) is 17.0. The Kier molecular flexibility index (Phi) is 10.4. The molecule has 2 nitrogen and oxygen atoms in total. The van der Waals surface area contributed by atoms with Crippen LogP contribution < -0.4 is 21.3 Å². The lowest BCUT2D eigenvalue weighted by Crippen LogP contribution is -2.60. The summed E-state index contributed by atoms with van der Waals surface area (Å²) in [5.41, 5.74) is 25.2. The fourth-order valence-corrected chi connectivity index (χ4v) is 13.6. The van der Waals surface area contributed by atoms with Gasteiger partial charge in [0.05, 0.1) is 11.0 Å². The fraction of sp³-hybridized carbons (Fsp3) is 0.151. The van der Waals surface area contributed by atoms with Crippen molar-refractivity contribution in [3.8, 4) is 50.2 Å². The molecule has 2 aliphatic rings. The summed E-state index contributed by atoms with van der Waals surface area (Å²) in [7, 11) is 0. The Morgan fingerprint density at radius 2 is 1.01 bits per heavy atom. The van der Waals surface area contributed by atoms with Crippen molar-refractivity contribution in [3.63, 3.8) is 0 Å². The molecule has 3 heterocycles. The Balaban J connectivity index is 1.24. The van der Waals surface area contributed by atoms with Gasteiger partial charge in [-0.1, -0.05) is 205 Å². The Bertz CT molecular complexity index is 4410. The molecule has 12 aromatic rings. The van der Waals surface area contributed by atoms with E-state index < -0.39 is 0 Å². The van der Waals surface area contributed by atoms with Crippen LogP contribution in [0, 0.1) is 26.6 Å². The Morgan fingerprint density at radius 3 is 1.68 bits per heavy atom. The molecule has 11 aromatic carbocycles. The van der Waals surface area contributed by atoms with Crippen LogP contribution in [0.25, 0.3) is 93.5 Å². The van der Waals surface area contributed by atoms with E-state index in [1.807, 2.05) is 12.1 Å². The van der Waals surface area contributed by atoms with Gasteiger partial charge in [0.15, 0.2) is 0 Å². The second-order valence-corrected chi connectivity index (χ2v) is 24.0. The monoisotopic (exact) mass is 994 g/mol. The minimum absolute atomic E-state index is 0.0267. The highest BCUT2D eigenvalue weighted by atomic mass is 19.1. The SMILES string of the molecule is Cc1cc(C)c(-c2ccc3c4c5c(-c6ccccc6)c6ccccc6c(-c6ccccc6)c5cc5c4n(c3c2)-c2cc(-c3ccccc3F)cc3c2B5c2cc(C(C)(C)C)ccc2N3c2ccc(C(C)(C)C)cc2)c(C)c1. The van der Waals surface area contributed by atoms with Crippen LogP contribution >= 0.6 is 0 Å². The normalized spacial score (nSPS) is 13.0. The summed E-state index contributed by atoms with van der Waals surface area (Å²) in [6.45, 7) is 20.3. The number of benzene rings is 11. The minimum Gasteiger partial charge on any atom is -0.311 e. The minimum atomic E-state index is -0.242.